The molecule has 2 aromatic carbocycles. The Morgan fingerprint density at radius 2 is 1.92 bits per heavy atom. The summed E-state index contributed by atoms with van der Waals surface area (Å²) in [6.07, 6.45) is -0.413. The quantitative estimate of drug-likeness (QED) is 0.694. The van der Waals surface area contributed by atoms with E-state index in [-0.39, 0.29) is 4.77 Å². The molecule has 0 radical (unpaired) electrons. The lowest BCUT2D eigenvalue weighted by Gasteiger charge is -2.19. The predicted molar refractivity (Wildman–Crippen MR) is 92.6 cm³/mol. The Morgan fingerprint density at radius 3 is 2.71 bits per heavy atom. The topological polar surface area (TPSA) is 72.1 Å². The molecule has 1 aliphatic heterocycles. The van der Waals surface area contributed by atoms with Crippen molar-refractivity contribution in [3.8, 4) is 22.9 Å². The number of nitrogens with zero attached hydrogens (tertiary/aromatic N) is 2. The number of benzene rings is 2. The summed E-state index contributed by atoms with van der Waals surface area (Å²) in [4.78, 5) is 4.29. The van der Waals surface area contributed by atoms with Gasteiger partial charge in [-0.25, -0.2) is 0 Å². The molecule has 24 heavy (non-hydrogen) atoms. The van der Waals surface area contributed by atoms with Gasteiger partial charge in [-0.2, -0.15) is 10.1 Å². The number of H-pyrrole nitrogens is 1. The minimum Gasteiger partial charge on any atom is -0.497 e. The van der Waals surface area contributed by atoms with E-state index in [0.717, 1.165) is 22.6 Å². The van der Waals surface area contributed by atoms with Gasteiger partial charge in [0.15, 0.2) is 11.9 Å². The summed E-state index contributed by atoms with van der Waals surface area (Å²) in [6, 6.07) is 15.5. The molecule has 0 fully saturated rings. The van der Waals surface area contributed by atoms with E-state index >= 15 is 0 Å². The van der Waals surface area contributed by atoms with Gasteiger partial charge in [-0.3, -0.25) is 5.10 Å². The van der Waals surface area contributed by atoms with Crippen molar-refractivity contribution in [1.29, 1.82) is 0 Å². The largest absolute Gasteiger partial charge is 0.497 e. The molecule has 0 aliphatic carbocycles. The Hall–Kier alpha value is -2.93. The lowest BCUT2D eigenvalue weighted by atomic mass is 10.1. The molecule has 7 heteroatoms. The summed E-state index contributed by atoms with van der Waals surface area (Å²) in [7, 11) is 1.64. The summed E-state index contributed by atoms with van der Waals surface area (Å²) in [5.41, 5.74) is 3.39. The second-order valence-electron chi connectivity index (χ2n) is 5.26. The van der Waals surface area contributed by atoms with E-state index in [0.29, 0.717) is 11.6 Å². The van der Waals surface area contributed by atoms with Crippen LogP contribution in [-0.2, 0) is 0 Å². The number of rotatable bonds is 2. The van der Waals surface area contributed by atoms with E-state index in [1.165, 1.54) is 0 Å². The Kier molecular flexibility index (Phi) is 3.62. The SMILES string of the molecule is COc1ccc([C@H]2Nc3ccccc3-c3n[nH]c(=S)nc3O2)cc1. The molecule has 3 aromatic rings. The third-order valence-corrected chi connectivity index (χ3v) is 3.97. The third kappa shape index (κ3) is 2.59. The van der Waals surface area contributed by atoms with Crippen LogP contribution in [0.1, 0.15) is 11.8 Å². The number of aromatic nitrogens is 3. The maximum absolute atomic E-state index is 6.07. The van der Waals surface area contributed by atoms with Crippen LogP contribution in [0.3, 0.4) is 0 Å². The third-order valence-electron chi connectivity index (χ3n) is 3.79. The number of para-hydroxylation sites is 1. The molecular weight excluding hydrogens is 324 g/mol. The van der Waals surface area contributed by atoms with E-state index in [2.05, 4.69) is 20.5 Å². The van der Waals surface area contributed by atoms with E-state index in [1.807, 2.05) is 48.5 Å². The van der Waals surface area contributed by atoms with Crippen LogP contribution in [0, 0.1) is 4.77 Å². The Labute approximate surface area is 143 Å². The van der Waals surface area contributed by atoms with Gasteiger partial charge in [-0.1, -0.05) is 18.2 Å². The number of fused-ring (bicyclic) bond motifs is 3. The Bertz CT molecular complexity index is 940. The van der Waals surface area contributed by atoms with Crippen LogP contribution in [0.2, 0.25) is 0 Å². The first-order chi connectivity index (χ1) is 11.7. The normalized spacial score (nSPS) is 15.3. The summed E-state index contributed by atoms with van der Waals surface area (Å²) < 4.78 is 11.6. The molecule has 1 aliphatic rings. The van der Waals surface area contributed by atoms with Gasteiger partial charge in [-0.15, -0.1) is 0 Å². The highest BCUT2D eigenvalue weighted by Gasteiger charge is 2.25. The van der Waals surface area contributed by atoms with Crippen molar-refractivity contribution in [1.82, 2.24) is 15.2 Å². The fourth-order valence-electron chi connectivity index (χ4n) is 2.61. The zero-order chi connectivity index (χ0) is 16.5. The monoisotopic (exact) mass is 338 g/mol. The summed E-state index contributed by atoms with van der Waals surface area (Å²) in [6.45, 7) is 0. The fraction of sp³-hybridized carbons (Fsp3) is 0.118. The van der Waals surface area contributed by atoms with Crippen molar-refractivity contribution in [2.45, 2.75) is 6.23 Å². The molecule has 0 bridgehead atoms. The predicted octanol–water partition coefficient (Wildman–Crippen LogP) is 3.71. The van der Waals surface area contributed by atoms with E-state index in [9.17, 15) is 0 Å². The smallest absolute Gasteiger partial charge is 0.247 e. The number of aromatic amines is 1. The Morgan fingerprint density at radius 1 is 1.12 bits per heavy atom. The van der Waals surface area contributed by atoms with Gasteiger partial charge in [0.05, 0.1) is 7.11 Å². The summed E-state index contributed by atoms with van der Waals surface area (Å²) in [5, 5.41) is 10.4. The highest BCUT2D eigenvalue weighted by atomic mass is 32.1. The number of hydrogen-bond acceptors (Lipinski definition) is 6. The van der Waals surface area contributed by atoms with Gasteiger partial charge in [0.1, 0.15) is 5.75 Å². The maximum atomic E-state index is 6.07. The zero-order valence-corrected chi connectivity index (χ0v) is 13.6. The van der Waals surface area contributed by atoms with Crippen LogP contribution in [0.4, 0.5) is 5.69 Å². The first-order valence-electron chi connectivity index (χ1n) is 7.38. The van der Waals surface area contributed by atoms with Crippen molar-refractivity contribution >= 4 is 17.9 Å². The maximum Gasteiger partial charge on any atom is 0.247 e. The van der Waals surface area contributed by atoms with Crippen LogP contribution in [0.25, 0.3) is 11.3 Å². The minimum absolute atomic E-state index is 0.279. The molecular formula is C17H14N4O2S. The van der Waals surface area contributed by atoms with E-state index < -0.39 is 6.23 Å². The molecule has 0 amide bonds. The van der Waals surface area contributed by atoms with Crippen LogP contribution in [-0.4, -0.2) is 22.3 Å². The number of anilines is 1. The van der Waals surface area contributed by atoms with Gasteiger partial charge < -0.3 is 14.8 Å². The van der Waals surface area contributed by atoms with Gasteiger partial charge in [0.2, 0.25) is 10.7 Å². The van der Waals surface area contributed by atoms with Gasteiger partial charge >= 0.3 is 0 Å². The molecule has 2 N–H and O–H groups in total. The second-order valence-corrected chi connectivity index (χ2v) is 5.64. The summed E-state index contributed by atoms with van der Waals surface area (Å²) >= 11 is 5.08. The molecule has 6 nitrogen and oxygen atoms in total. The molecule has 0 spiro atoms. The first-order valence-corrected chi connectivity index (χ1v) is 7.79. The van der Waals surface area contributed by atoms with Gasteiger partial charge in [0, 0.05) is 16.8 Å². The van der Waals surface area contributed by atoms with Crippen LogP contribution >= 0.6 is 12.2 Å². The molecule has 1 atom stereocenters. The van der Waals surface area contributed by atoms with Crippen LogP contribution < -0.4 is 14.8 Å². The molecule has 0 unspecified atom stereocenters. The van der Waals surface area contributed by atoms with Crippen LogP contribution in [0.15, 0.2) is 48.5 Å². The van der Waals surface area contributed by atoms with Gasteiger partial charge in [0.25, 0.3) is 0 Å². The highest BCUT2D eigenvalue weighted by molar-refractivity contribution is 7.71. The van der Waals surface area contributed by atoms with Crippen molar-refractivity contribution in [3.05, 3.63) is 58.9 Å². The molecule has 4 rings (SSSR count). The number of ether oxygens (including phenoxy) is 2. The number of hydrogen-bond donors (Lipinski definition) is 2. The Balaban J connectivity index is 1.83. The number of methoxy groups -OCH3 is 1. The number of nitrogens with one attached hydrogen (secondary N) is 2. The molecule has 0 saturated carbocycles. The van der Waals surface area contributed by atoms with E-state index in [4.69, 9.17) is 21.7 Å². The van der Waals surface area contributed by atoms with Crippen molar-refractivity contribution in [2.24, 2.45) is 0 Å². The lowest BCUT2D eigenvalue weighted by Crippen LogP contribution is -2.17. The zero-order valence-electron chi connectivity index (χ0n) is 12.8. The molecule has 120 valence electrons. The molecule has 2 heterocycles. The van der Waals surface area contributed by atoms with Crippen molar-refractivity contribution in [2.75, 3.05) is 12.4 Å². The fourth-order valence-corrected chi connectivity index (χ4v) is 2.74. The highest BCUT2D eigenvalue weighted by Crippen LogP contribution is 2.38. The van der Waals surface area contributed by atoms with Crippen molar-refractivity contribution < 1.29 is 9.47 Å². The van der Waals surface area contributed by atoms with Gasteiger partial charge in [-0.05, 0) is 42.5 Å². The summed E-state index contributed by atoms with van der Waals surface area (Å²) in [5.74, 6) is 1.19. The minimum atomic E-state index is -0.413. The average Bonchev–Trinajstić information content (AvgIpc) is 2.78. The molecule has 0 saturated heterocycles. The van der Waals surface area contributed by atoms with Crippen LogP contribution in [0.5, 0.6) is 11.6 Å². The second kappa shape index (κ2) is 5.93. The average molecular weight is 338 g/mol. The van der Waals surface area contributed by atoms with E-state index in [1.54, 1.807) is 7.11 Å². The standard InChI is InChI=1S/C17H14N4O2S/c1-22-11-8-6-10(7-9-11)15-18-13-5-3-2-4-12(13)14-16(23-15)19-17(24)21-20-14/h2-9,15,18H,1H3,(H,19,21,24)/t15-/m0/s1. The molecule has 1 aromatic heterocycles. The lowest BCUT2D eigenvalue weighted by molar-refractivity contribution is 0.227. The van der Waals surface area contributed by atoms with Crippen molar-refractivity contribution in [3.63, 3.8) is 0 Å². The first kappa shape index (κ1) is 14.6.